The van der Waals surface area contributed by atoms with Gasteiger partial charge in [0, 0.05) is 6.20 Å². The van der Waals surface area contributed by atoms with Gasteiger partial charge < -0.3 is 9.94 Å². The van der Waals surface area contributed by atoms with Crippen molar-refractivity contribution in [3.05, 3.63) is 23.9 Å². The van der Waals surface area contributed by atoms with E-state index in [0.717, 1.165) is 0 Å². The van der Waals surface area contributed by atoms with Crippen LogP contribution in [0.5, 0.6) is 5.88 Å². The van der Waals surface area contributed by atoms with Gasteiger partial charge in [-0.15, -0.1) is 0 Å². The molecule has 0 saturated carbocycles. The van der Waals surface area contributed by atoms with Gasteiger partial charge in [-0.3, -0.25) is 0 Å². The molecule has 0 radical (unpaired) electrons. The van der Waals surface area contributed by atoms with Crippen molar-refractivity contribution in [3.63, 3.8) is 0 Å². The van der Waals surface area contributed by atoms with Gasteiger partial charge >= 0.3 is 0 Å². The predicted octanol–water partition coefficient (Wildman–Crippen LogP) is 1.68. The van der Waals surface area contributed by atoms with E-state index in [-0.39, 0.29) is 6.10 Å². The molecule has 1 N–H and O–H groups in total. The van der Waals surface area contributed by atoms with E-state index in [1.54, 1.807) is 18.3 Å². The Balaban J connectivity index is 2.90. The van der Waals surface area contributed by atoms with E-state index in [4.69, 9.17) is 9.94 Å². The van der Waals surface area contributed by atoms with Crippen molar-refractivity contribution in [2.24, 2.45) is 5.16 Å². The van der Waals surface area contributed by atoms with Crippen LogP contribution in [0.4, 0.5) is 0 Å². The summed E-state index contributed by atoms with van der Waals surface area (Å²) in [5.41, 5.74) is 0.665. The third kappa shape index (κ3) is 2.74. The lowest BCUT2D eigenvalue weighted by Gasteiger charge is -2.09. The summed E-state index contributed by atoms with van der Waals surface area (Å²) in [5.74, 6) is 0.482. The number of pyridine rings is 1. The van der Waals surface area contributed by atoms with Crippen molar-refractivity contribution in [2.45, 2.75) is 20.0 Å². The molecule has 0 unspecified atom stereocenters. The molecule has 0 spiro atoms. The Labute approximate surface area is 76.9 Å². The number of hydrogen-bond acceptors (Lipinski definition) is 4. The van der Waals surface area contributed by atoms with E-state index in [1.165, 1.54) is 6.21 Å². The molecule has 0 bridgehead atoms. The molecule has 1 rings (SSSR count). The summed E-state index contributed by atoms with van der Waals surface area (Å²) in [6.45, 7) is 3.82. The van der Waals surface area contributed by atoms with Gasteiger partial charge in [-0.1, -0.05) is 5.16 Å². The fraction of sp³-hybridized carbons (Fsp3) is 0.333. The minimum Gasteiger partial charge on any atom is -0.474 e. The largest absolute Gasteiger partial charge is 0.474 e. The number of oxime groups is 1. The van der Waals surface area contributed by atoms with Crippen LogP contribution in [0.2, 0.25) is 0 Å². The van der Waals surface area contributed by atoms with E-state index in [2.05, 4.69) is 10.1 Å². The summed E-state index contributed by atoms with van der Waals surface area (Å²) in [4.78, 5) is 4.01. The van der Waals surface area contributed by atoms with Gasteiger partial charge in [0.05, 0.1) is 17.9 Å². The quantitative estimate of drug-likeness (QED) is 0.437. The van der Waals surface area contributed by atoms with Gasteiger partial charge in [0.15, 0.2) is 0 Å². The third-order valence-corrected chi connectivity index (χ3v) is 1.34. The highest BCUT2D eigenvalue weighted by Gasteiger charge is 2.03. The normalized spacial score (nSPS) is 11.0. The molecule has 1 aromatic rings. The van der Waals surface area contributed by atoms with Crippen LogP contribution in [0, 0.1) is 0 Å². The highest BCUT2D eigenvalue weighted by Crippen LogP contribution is 2.13. The lowest BCUT2D eigenvalue weighted by molar-refractivity contribution is 0.232. The Morgan fingerprint density at radius 2 is 2.38 bits per heavy atom. The maximum Gasteiger partial charge on any atom is 0.222 e. The number of aromatic nitrogens is 1. The molecule has 0 saturated heterocycles. The summed E-state index contributed by atoms with van der Waals surface area (Å²) < 4.78 is 5.38. The molecule has 0 amide bonds. The second-order valence-electron chi connectivity index (χ2n) is 2.81. The van der Waals surface area contributed by atoms with Gasteiger partial charge in [0.2, 0.25) is 5.88 Å². The van der Waals surface area contributed by atoms with Crippen molar-refractivity contribution in [1.29, 1.82) is 0 Å². The minimum absolute atomic E-state index is 0.0562. The fourth-order valence-corrected chi connectivity index (χ4v) is 0.885. The molecule has 1 heterocycles. The summed E-state index contributed by atoms with van der Waals surface area (Å²) in [6, 6.07) is 3.52. The van der Waals surface area contributed by atoms with Crippen LogP contribution in [0.3, 0.4) is 0 Å². The molecule has 4 nitrogen and oxygen atoms in total. The first-order chi connectivity index (χ1) is 6.24. The second-order valence-corrected chi connectivity index (χ2v) is 2.81. The first-order valence-electron chi connectivity index (χ1n) is 4.03. The number of nitrogens with zero attached hydrogens (tertiary/aromatic N) is 2. The smallest absolute Gasteiger partial charge is 0.222 e. The fourth-order valence-electron chi connectivity index (χ4n) is 0.885. The molecular formula is C9H12N2O2. The molecule has 0 atom stereocenters. The van der Waals surface area contributed by atoms with Crippen LogP contribution in [0.25, 0.3) is 0 Å². The van der Waals surface area contributed by atoms with Gasteiger partial charge in [-0.05, 0) is 26.0 Å². The van der Waals surface area contributed by atoms with Gasteiger partial charge in [-0.25, -0.2) is 4.98 Å². The third-order valence-electron chi connectivity index (χ3n) is 1.34. The standard InChI is InChI=1S/C9H12N2O2/c1-7(2)13-9-8(6-11-12)4-3-5-10-9/h3-7,12H,1-2H3. The van der Waals surface area contributed by atoms with Crippen LogP contribution in [-0.2, 0) is 0 Å². The van der Waals surface area contributed by atoms with Crippen LogP contribution in [-0.4, -0.2) is 22.5 Å². The molecule has 0 aliphatic rings. The van der Waals surface area contributed by atoms with Crippen molar-refractivity contribution < 1.29 is 9.94 Å². The summed E-state index contributed by atoms with van der Waals surface area (Å²) in [7, 11) is 0. The molecule has 0 aliphatic carbocycles. The minimum atomic E-state index is 0.0562. The van der Waals surface area contributed by atoms with Crippen molar-refractivity contribution in [3.8, 4) is 5.88 Å². The molecule has 13 heavy (non-hydrogen) atoms. The van der Waals surface area contributed by atoms with Gasteiger partial charge in [0.1, 0.15) is 0 Å². The lowest BCUT2D eigenvalue weighted by atomic mass is 10.3. The topological polar surface area (TPSA) is 54.7 Å². The zero-order valence-corrected chi connectivity index (χ0v) is 7.64. The lowest BCUT2D eigenvalue weighted by Crippen LogP contribution is -2.08. The van der Waals surface area contributed by atoms with E-state index in [1.807, 2.05) is 13.8 Å². The Morgan fingerprint density at radius 3 is 3.00 bits per heavy atom. The zero-order valence-electron chi connectivity index (χ0n) is 7.64. The van der Waals surface area contributed by atoms with E-state index in [0.29, 0.717) is 11.4 Å². The molecule has 70 valence electrons. The molecule has 1 aromatic heterocycles. The Bertz CT molecular complexity index is 297. The second kappa shape index (κ2) is 4.45. The summed E-state index contributed by atoms with van der Waals surface area (Å²) >= 11 is 0. The molecular weight excluding hydrogens is 168 g/mol. The monoisotopic (exact) mass is 180 g/mol. The maximum atomic E-state index is 8.36. The number of rotatable bonds is 3. The van der Waals surface area contributed by atoms with E-state index in [9.17, 15) is 0 Å². The predicted molar refractivity (Wildman–Crippen MR) is 49.4 cm³/mol. The molecule has 0 fully saturated rings. The number of hydrogen-bond donors (Lipinski definition) is 1. The van der Waals surface area contributed by atoms with E-state index >= 15 is 0 Å². The first kappa shape index (κ1) is 9.51. The maximum absolute atomic E-state index is 8.36. The Hall–Kier alpha value is -1.58. The van der Waals surface area contributed by atoms with Crippen molar-refractivity contribution in [1.82, 2.24) is 4.98 Å². The van der Waals surface area contributed by atoms with Crippen LogP contribution in [0.15, 0.2) is 23.5 Å². The molecule has 0 aliphatic heterocycles. The van der Waals surface area contributed by atoms with Gasteiger partial charge in [0.25, 0.3) is 0 Å². The van der Waals surface area contributed by atoms with Crippen LogP contribution >= 0.6 is 0 Å². The van der Waals surface area contributed by atoms with Crippen LogP contribution < -0.4 is 4.74 Å². The Morgan fingerprint density at radius 1 is 1.62 bits per heavy atom. The zero-order chi connectivity index (χ0) is 9.68. The van der Waals surface area contributed by atoms with Crippen molar-refractivity contribution in [2.75, 3.05) is 0 Å². The SMILES string of the molecule is CC(C)Oc1ncccc1C=NO. The molecule has 4 heteroatoms. The average molecular weight is 180 g/mol. The summed E-state index contributed by atoms with van der Waals surface area (Å²) in [5, 5.41) is 11.3. The summed E-state index contributed by atoms with van der Waals surface area (Å²) in [6.07, 6.45) is 2.98. The Kier molecular flexibility index (Phi) is 3.25. The number of ether oxygens (including phenoxy) is 1. The highest BCUT2D eigenvalue weighted by atomic mass is 16.5. The van der Waals surface area contributed by atoms with Crippen molar-refractivity contribution >= 4 is 6.21 Å². The van der Waals surface area contributed by atoms with Gasteiger partial charge in [-0.2, -0.15) is 0 Å². The van der Waals surface area contributed by atoms with E-state index < -0.39 is 0 Å². The van der Waals surface area contributed by atoms with Crippen LogP contribution in [0.1, 0.15) is 19.4 Å². The highest BCUT2D eigenvalue weighted by molar-refractivity contribution is 5.81. The molecule has 0 aromatic carbocycles. The first-order valence-corrected chi connectivity index (χ1v) is 4.03. The average Bonchev–Trinajstić information content (AvgIpc) is 2.08.